The monoisotopic (exact) mass is 420 g/mol. The number of rotatable bonds is 4. The number of fused-ring (bicyclic) bond motifs is 1. The van der Waals surface area contributed by atoms with Crippen molar-refractivity contribution >= 4 is 17.4 Å². The zero-order valence-electron chi connectivity index (χ0n) is 17.6. The highest BCUT2D eigenvalue weighted by Crippen LogP contribution is 2.40. The Morgan fingerprint density at radius 3 is 2.68 bits per heavy atom. The van der Waals surface area contributed by atoms with Crippen LogP contribution in [0, 0.1) is 0 Å². The minimum Gasteiger partial charge on any atom is -0.494 e. The Hall–Kier alpha value is -3.48. The lowest BCUT2D eigenvalue weighted by Crippen LogP contribution is -2.30. The van der Waals surface area contributed by atoms with E-state index >= 15 is 0 Å². The molecule has 8 heteroatoms. The Labute approximate surface area is 180 Å². The summed E-state index contributed by atoms with van der Waals surface area (Å²) in [5.74, 6) is 1.33. The van der Waals surface area contributed by atoms with E-state index in [0.29, 0.717) is 29.8 Å². The third kappa shape index (κ3) is 4.66. The van der Waals surface area contributed by atoms with Gasteiger partial charge in [0.2, 0.25) is 5.88 Å². The highest BCUT2D eigenvalue weighted by atomic mass is 16.5. The van der Waals surface area contributed by atoms with E-state index in [-0.39, 0.29) is 5.69 Å². The van der Waals surface area contributed by atoms with Gasteiger partial charge in [-0.25, -0.2) is 4.99 Å². The van der Waals surface area contributed by atoms with Gasteiger partial charge in [-0.2, -0.15) is 0 Å². The van der Waals surface area contributed by atoms with Gasteiger partial charge in [0.05, 0.1) is 14.2 Å². The molecule has 4 rings (SSSR count). The number of carbonyl (C=O) groups excluding carboxylic acids is 1. The molecular formula is C23H24N4O4. The molecule has 0 unspecified atom stereocenters. The second-order valence-corrected chi connectivity index (χ2v) is 7.20. The first-order valence-corrected chi connectivity index (χ1v) is 10.2. The number of hydrogen-bond acceptors (Lipinski definition) is 7. The van der Waals surface area contributed by atoms with Crippen LogP contribution in [0.2, 0.25) is 0 Å². The first-order valence-electron chi connectivity index (χ1n) is 10.2. The highest BCUT2D eigenvalue weighted by Gasteiger charge is 2.23. The van der Waals surface area contributed by atoms with Crippen molar-refractivity contribution in [3.63, 3.8) is 0 Å². The van der Waals surface area contributed by atoms with E-state index in [1.165, 1.54) is 12.7 Å². The maximum absolute atomic E-state index is 12.7. The predicted octanol–water partition coefficient (Wildman–Crippen LogP) is 3.12. The average molecular weight is 420 g/mol. The van der Waals surface area contributed by atoms with E-state index in [4.69, 9.17) is 19.2 Å². The molecule has 1 saturated heterocycles. The SMILES string of the molecule is COc1ccc(C(=O)NC2=Nc3c(OC)ccc(C4CCOCC4)c3CC=C=C2)nn1. The zero-order chi connectivity index (χ0) is 21.6. The molecule has 2 aliphatic heterocycles. The smallest absolute Gasteiger partial charge is 0.277 e. The van der Waals surface area contributed by atoms with Crippen LogP contribution in [-0.4, -0.2) is 49.4 Å². The fraction of sp³-hybridized carbons (Fsp3) is 0.348. The Bertz CT molecular complexity index is 1050. The molecule has 0 bridgehead atoms. The van der Waals surface area contributed by atoms with E-state index < -0.39 is 5.91 Å². The van der Waals surface area contributed by atoms with Gasteiger partial charge in [-0.05, 0) is 48.1 Å². The number of benzene rings is 1. The third-order valence-corrected chi connectivity index (χ3v) is 5.36. The first-order chi connectivity index (χ1) is 15.2. The lowest BCUT2D eigenvalue weighted by molar-refractivity contribution is 0.0852. The van der Waals surface area contributed by atoms with Crippen LogP contribution < -0.4 is 14.8 Å². The quantitative estimate of drug-likeness (QED) is 0.764. The van der Waals surface area contributed by atoms with Gasteiger partial charge in [-0.3, -0.25) is 4.79 Å². The van der Waals surface area contributed by atoms with Gasteiger partial charge in [0.15, 0.2) is 5.69 Å². The van der Waals surface area contributed by atoms with Crippen LogP contribution in [0.25, 0.3) is 0 Å². The molecule has 3 heterocycles. The molecule has 1 aromatic carbocycles. The number of amides is 1. The van der Waals surface area contributed by atoms with E-state index in [9.17, 15) is 4.79 Å². The summed E-state index contributed by atoms with van der Waals surface area (Å²) >= 11 is 0. The third-order valence-electron chi connectivity index (χ3n) is 5.36. The number of amidine groups is 1. The maximum atomic E-state index is 12.7. The van der Waals surface area contributed by atoms with E-state index in [1.54, 1.807) is 25.3 Å². The van der Waals surface area contributed by atoms with E-state index in [0.717, 1.165) is 37.3 Å². The van der Waals surface area contributed by atoms with Crippen LogP contribution in [0.4, 0.5) is 5.69 Å². The lowest BCUT2D eigenvalue weighted by atomic mass is 9.86. The van der Waals surface area contributed by atoms with Crippen LogP contribution in [0.5, 0.6) is 11.6 Å². The summed E-state index contributed by atoms with van der Waals surface area (Å²) in [4.78, 5) is 17.4. The fourth-order valence-electron chi connectivity index (χ4n) is 3.77. The summed E-state index contributed by atoms with van der Waals surface area (Å²) in [6, 6.07) is 7.18. The van der Waals surface area contributed by atoms with Crippen LogP contribution in [-0.2, 0) is 11.2 Å². The molecule has 2 aliphatic rings. The average Bonchev–Trinajstić information content (AvgIpc) is 2.80. The summed E-state index contributed by atoms with van der Waals surface area (Å²) in [7, 11) is 3.11. The largest absolute Gasteiger partial charge is 0.494 e. The van der Waals surface area contributed by atoms with Gasteiger partial charge in [0, 0.05) is 31.8 Å². The van der Waals surface area contributed by atoms with Gasteiger partial charge in [0.25, 0.3) is 5.91 Å². The number of carbonyl (C=O) groups is 1. The van der Waals surface area contributed by atoms with E-state index in [1.807, 2.05) is 12.1 Å². The predicted molar refractivity (Wildman–Crippen MR) is 115 cm³/mol. The van der Waals surface area contributed by atoms with Crippen molar-refractivity contribution in [3.05, 3.63) is 59.0 Å². The first kappa shape index (κ1) is 20.8. The Balaban J connectivity index is 1.68. The molecule has 160 valence electrons. The summed E-state index contributed by atoms with van der Waals surface area (Å²) in [6.07, 6.45) is 6.21. The van der Waals surface area contributed by atoms with Crippen LogP contribution in [0.15, 0.2) is 47.1 Å². The van der Waals surface area contributed by atoms with Crippen molar-refractivity contribution in [1.29, 1.82) is 0 Å². The molecule has 0 saturated carbocycles. The Morgan fingerprint density at radius 2 is 1.97 bits per heavy atom. The standard InChI is InChI=1S/C23H24N4O4/c1-29-19-9-7-16(15-11-13-31-14-12-15)17-5-3-4-6-20(24-22(17)19)25-23(28)18-8-10-21(30-2)27-26-18/h3,6-10,15H,5,11-14H2,1-2H3,(H,24,25,28). The van der Waals surface area contributed by atoms with Gasteiger partial charge in [0.1, 0.15) is 17.3 Å². The van der Waals surface area contributed by atoms with Gasteiger partial charge >= 0.3 is 0 Å². The number of methoxy groups -OCH3 is 2. The topological polar surface area (TPSA) is 94.9 Å². The molecule has 1 amide bonds. The van der Waals surface area contributed by atoms with Crippen molar-refractivity contribution in [3.8, 4) is 11.6 Å². The Kier molecular flexibility index (Phi) is 6.40. The van der Waals surface area contributed by atoms with Crippen LogP contribution in [0.3, 0.4) is 0 Å². The molecule has 1 fully saturated rings. The fourth-order valence-corrected chi connectivity index (χ4v) is 3.77. The Morgan fingerprint density at radius 1 is 1.13 bits per heavy atom. The zero-order valence-corrected chi connectivity index (χ0v) is 17.6. The molecule has 2 aromatic rings. The van der Waals surface area contributed by atoms with Crippen molar-refractivity contribution in [2.75, 3.05) is 27.4 Å². The van der Waals surface area contributed by atoms with Crippen LogP contribution >= 0.6 is 0 Å². The van der Waals surface area contributed by atoms with Gasteiger partial charge < -0.3 is 19.5 Å². The number of aromatic nitrogens is 2. The summed E-state index contributed by atoms with van der Waals surface area (Å²) in [5, 5.41) is 10.5. The number of nitrogens with one attached hydrogen (secondary N) is 1. The van der Waals surface area contributed by atoms with E-state index in [2.05, 4.69) is 27.3 Å². The number of aliphatic imine (C=N–C) groups is 1. The van der Waals surface area contributed by atoms with Crippen molar-refractivity contribution in [2.24, 2.45) is 4.99 Å². The summed E-state index contributed by atoms with van der Waals surface area (Å²) in [5.41, 5.74) is 6.31. The minimum absolute atomic E-state index is 0.158. The molecule has 1 aromatic heterocycles. The molecule has 8 nitrogen and oxygen atoms in total. The van der Waals surface area contributed by atoms with Gasteiger partial charge in [-0.15, -0.1) is 15.9 Å². The molecule has 31 heavy (non-hydrogen) atoms. The van der Waals surface area contributed by atoms with Crippen molar-refractivity contribution in [1.82, 2.24) is 15.5 Å². The summed E-state index contributed by atoms with van der Waals surface area (Å²) < 4.78 is 16.1. The normalized spacial score (nSPS) is 16.0. The second kappa shape index (κ2) is 9.55. The summed E-state index contributed by atoms with van der Waals surface area (Å²) in [6.45, 7) is 1.52. The lowest BCUT2D eigenvalue weighted by Gasteiger charge is -2.26. The maximum Gasteiger partial charge on any atom is 0.277 e. The van der Waals surface area contributed by atoms with Gasteiger partial charge in [-0.1, -0.05) is 6.07 Å². The highest BCUT2D eigenvalue weighted by molar-refractivity contribution is 6.10. The molecule has 0 spiro atoms. The second-order valence-electron chi connectivity index (χ2n) is 7.20. The number of nitrogens with zero attached hydrogens (tertiary/aromatic N) is 3. The van der Waals surface area contributed by atoms with Crippen LogP contribution in [0.1, 0.15) is 40.4 Å². The number of hydrogen-bond donors (Lipinski definition) is 1. The number of ether oxygens (including phenoxy) is 3. The minimum atomic E-state index is -0.423. The molecule has 1 N–H and O–H groups in total. The van der Waals surface area contributed by atoms with Crippen molar-refractivity contribution < 1.29 is 19.0 Å². The molecule has 0 atom stereocenters. The molecule has 0 radical (unpaired) electrons. The van der Waals surface area contributed by atoms with Crippen molar-refractivity contribution in [2.45, 2.75) is 25.2 Å². The molecule has 0 aliphatic carbocycles. The molecular weight excluding hydrogens is 396 g/mol.